The van der Waals surface area contributed by atoms with Crippen LogP contribution in [0.1, 0.15) is 16.8 Å². The van der Waals surface area contributed by atoms with Gasteiger partial charge in [0.25, 0.3) is 0 Å². The fourth-order valence-electron chi connectivity index (χ4n) is 1.84. The average molecular weight is 243 g/mol. The van der Waals surface area contributed by atoms with Gasteiger partial charge in [0.15, 0.2) is 0 Å². The highest BCUT2D eigenvalue weighted by Crippen LogP contribution is 2.34. The Balaban J connectivity index is 2.70. The molecule has 0 amide bonds. The molecule has 0 aliphatic carbocycles. The van der Waals surface area contributed by atoms with Crippen molar-refractivity contribution in [3.63, 3.8) is 0 Å². The quantitative estimate of drug-likeness (QED) is 0.880. The second kappa shape index (κ2) is 4.64. The van der Waals surface area contributed by atoms with Gasteiger partial charge in [-0.25, -0.2) is 9.97 Å². The summed E-state index contributed by atoms with van der Waals surface area (Å²) in [5, 5.41) is 0. The van der Waals surface area contributed by atoms with Crippen LogP contribution in [-0.4, -0.2) is 17.1 Å². The molecule has 0 radical (unpaired) electrons. The van der Waals surface area contributed by atoms with Crippen molar-refractivity contribution >= 4 is 5.69 Å². The van der Waals surface area contributed by atoms with E-state index in [1.54, 1.807) is 7.11 Å². The highest BCUT2D eigenvalue weighted by molar-refractivity contribution is 5.78. The lowest BCUT2D eigenvalue weighted by molar-refractivity contribution is 0.416. The molecule has 2 N–H and O–H groups in total. The number of nitrogens with two attached hydrogens (primary N) is 1. The van der Waals surface area contributed by atoms with Crippen LogP contribution in [0.4, 0.5) is 5.69 Å². The molecule has 4 heteroatoms. The largest absolute Gasteiger partial charge is 0.496 e. The second-order valence-corrected chi connectivity index (χ2v) is 4.36. The fraction of sp³-hybridized carbons (Fsp3) is 0.286. The van der Waals surface area contributed by atoms with E-state index in [0.29, 0.717) is 5.69 Å². The van der Waals surface area contributed by atoms with Gasteiger partial charge in [-0.05, 0) is 44.0 Å². The maximum Gasteiger partial charge on any atom is 0.128 e. The summed E-state index contributed by atoms with van der Waals surface area (Å²) in [5.74, 6) is 0.780. The predicted molar refractivity (Wildman–Crippen MR) is 72.6 cm³/mol. The molecule has 1 aromatic heterocycles. The number of rotatable bonds is 2. The molecule has 0 spiro atoms. The summed E-state index contributed by atoms with van der Waals surface area (Å²) in [5.41, 5.74) is 11.4. The van der Waals surface area contributed by atoms with E-state index in [1.165, 1.54) is 17.5 Å². The zero-order chi connectivity index (χ0) is 13.3. The first-order valence-electron chi connectivity index (χ1n) is 5.77. The summed E-state index contributed by atoms with van der Waals surface area (Å²) < 4.78 is 5.41. The van der Waals surface area contributed by atoms with Crippen molar-refractivity contribution in [2.24, 2.45) is 0 Å². The van der Waals surface area contributed by atoms with E-state index in [-0.39, 0.29) is 0 Å². The van der Waals surface area contributed by atoms with Crippen LogP contribution in [0.15, 0.2) is 18.5 Å². The summed E-state index contributed by atoms with van der Waals surface area (Å²) in [6, 6.07) is 4.05. The minimum absolute atomic E-state index is 0.596. The molecule has 1 heterocycles. The topological polar surface area (TPSA) is 61.0 Å². The molecule has 0 bridgehead atoms. The first kappa shape index (κ1) is 12.4. The monoisotopic (exact) mass is 243 g/mol. The Kier molecular flexibility index (Phi) is 3.19. The van der Waals surface area contributed by atoms with Gasteiger partial charge in [0.05, 0.1) is 18.5 Å². The van der Waals surface area contributed by atoms with Crippen LogP contribution in [0.2, 0.25) is 0 Å². The first-order chi connectivity index (χ1) is 8.54. The lowest BCUT2D eigenvalue weighted by Gasteiger charge is -2.13. The third-order valence-electron chi connectivity index (χ3n) is 3.15. The van der Waals surface area contributed by atoms with Crippen LogP contribution in [0.5, 0.6) is 5.75 Å². The molecular formula is C14H17N3O. The van der Waals surface area contributed by atoms with Gasteiger partial charge >= 0.3 is 0 Å². The molecule has 0 atom stereocenters. The summed E-state index contributed by atoms with van der Waals surface area (Å²) in [7, 11) is 1.65. The lowest BCUT2D eigenvalue weighted by Crippen LogP contribution is -2.01. The van der Waals surface area contributed by atoms with E-state index in [2.05, 4.69) is 23.8 Å². The molecule has 2 rings (SSSR count). The Bertz CT molecular complexity index is 594. The summed E-state index contributed by atoms with van der Waals surface area (Å²) in [4.78, 5) is 8.36. The molecule has 1 aromatic carbocycles. The molecule has 4 nitrogen and oxygen atoms in total. The number of ether oxygens (including phenoxy) is 1. The summed E-state index contributed by atoms with van der Waals surface area (Å²) in [6.07, 6.45) is 1.52. The highest BCUT2D eigenvalue weighted by atomic mass is 16.5. The Morgan fingerprint density at radius 1 is 1.06 bits per heavy atom. The van der Waals surface area contributed by atoms with Crippen LogP contribution in [0.3, 0.4) is 0 Å². The van der Waals surface area contributed by atoms with Gasteiger partial charge in [-0.1, -0.05) is 0 Å². The summed E-state index contributed by atoms with van der Waals surface area (Å²) >= 11 is 0. The minimum Gasteiger partial charge on any atom is -0.496 e. The van der Waals surface area contributed by atoms with Crippen LogP contribution in [0, 0.1) is 20.8 Å². The van der Waals surface area contributed by atoms with Crippen molar-refractivity contribution in [2.75, 3.05) is 12.8 Å². The van der Waals surface area contributed by atoms with E-state index < -0.39 is 0 Å². The van der Waals surface area contributed by atoms with E-state index in [0.717, 1.165) is 22.7 Å². The molecule has 0 saturated heterocycles. The number of anilines is 1. The number of nitrogens with zero attached hydrogens (tertiary/aromatic N) is 2. The third kappa shape index (κ3) is 2.01. The van der Waals surface area contributed by atoms with Gasteiger partial charge in [-0.15, -0.1) is 0 Å². The Hall–Kier alpha value is -2.10. The Morgan fingerprint density at radius 2 is 1.72 bits per heavy atom. The van der Waals surface area contributed by atoms with Crippen LogP contribution < -0.4 is 10.5 Å². The second-order valence-electron chi connectivity index (χ2n) is 4.36. The average Bonchev–Trinajstić information content (AvgIpc) is 2.36. The van der Waals surface area contributed by atoms with Gasteiger partial charge in [-0.2, -0.15) is 0 Å². The minimum atomic E-state index is 0.596. The molecule has 94 valence electrons. The number of hydrogen-bond donors (Lipinski definition) is 1. The van der Waals surface area contributed by atoms with E-state index in [1.807, 2.05) is 19.1 Å². The lowest BCUT2D eigenvalue weighted by atomic mass is 10.0. The van der Waals surface area contributed by atoms with Crippen molar-refractivity contribution in [1.29, 1.82) is 0 Å². The molecular weight excluding hydrogens is 226 g/mol. The van der Waals surface area contributed by atoms with Crippen molar-refractivity contribution in [1.82, 2.24) is 9.97 Å². The Morgan fingerprint density at radius 3 is 2.39 bits per heavy atom. The molecule has 0 unspecified atom stereocenters. The zero-order valence-electron chi connectivity index (χ0n) is 11.1. The molecule has 18 heavy (non-hydrogen) atoms. The standard InChI is InChI=1S/C14H17N3O/c1-8-5-11(12(18-4)6-9(8)2)14-13(15)10(3)16-7-17-14/h5-7H,15H2,1-4H3. The molecule has 0 fully saturated rings. The molecule has 0 aliphatic rings. The van der Waals surface area contributed by atoms with Crippen LogP contribution in [-0.2, 0) is 0 Å². The molecule has 0 aliphatic heterocycles. The maximum absolute atomic E-state index is 6.05. The predicted octanol–water partition coefficient (Wildman–Crippen LogP) is 2.66. The van der Waals surface area contributed by atoms with Crippen LogP contribution >= 0.6 is 0 Å². The van der Waals surface area contributed by atoms with Crippen molar-refractivity contribution < 1.29 is 4.74 Å². The van der Waals surface area contributed by atoms with E-state index in [4.69, 9.17) is 10.5 Å². The fourth-order valence-corrected chi connectivity index (χ4v) is 1.84. The molecule has 0 saturated carbocycles. The highest BCUT2D eigenvalue weighted by Gasteiger charge is 2.13. The van der Waals surface area contributed by atoms with E-state index >= 15 is 0 Å². The normalized spacial score (nSPS) is 10.4. The van der Waals surface area contributed by atoms with Gasteiger partial charge in [0.1, 0.15) is 17.8 Å². The number of aryl methyl sites for hydroxylation is 3. The number of hydrogen-bond acceptors (Lipinski definition) is 4. The third-order valence-corrected chi connectivity index (χ3v) is 3.15. The van der Waals surface area contributed by atoms with Crippen molar-refractivity contribution in [3.05, 3.63) is 35.3 Å². The van der Waals surface area contributed by atoms with Gasteiger partial charge < -0.3 is 10.5 Å². The molecule has 2 aromatic rings. The SMILES string of the molecule is COc1cc(C)c(C)cc1-c1ncnc(C)c1N. The number of methoxy groups -OCH3 is 1. The first-order valence-corrected chi connectivity index (χ1v) is 5.77. The number of nitrogen functional groups attached to an aromatic ring is 1. The smallest absolute Gasteiger partial charge is 0.128 e. The van der Waals surface area contributed by atoms with E-state index in [9.17, 15) is 0 Å². The van der Waals surface area contributed by atoms with Gasteiger partial charge in [0.2, 0.25) is 0 Å². The maximum atomic E-state index is 6.05. The van der Waals surface area contributed by atoms with Crippen LogP contribution in [0.25, 0.3) is 11.3 Å². The van der Waals surface area contributed by atoms with Gasteiger partial charge in [0, 0.05) is 5.56 Å². The van der Waals surface area contributed by atoms with Gasteiger partial charge in [-0.3, -0.25) is 0 Å². The Labute approximate surface area is 107 Å². The zero-order valence-corrected chi connectivity index (χ0v) is 11.1. The van der Waals surface area contributed by atoms with Crippen molar-refractivity contribution in [2.45, 2.75) is 20.8 Å². The number of benzene rings is 1. The van der Waals surface area contributed by atoms with Crippen molar-refractivity contribution in [3.8, 4) is 17.0 Å². The number of aromatic nitrogens is 2. The summed E-state index contributed by atoms with van der Waals surface area (Å²) in [6.45, 7) is 5.98.